The zero-order valence-corrected chi connectivity index (χ0v) is 10.3. The van der Waals surface area contributed by atoms with Crippen LogP contribution in [0.25, 0.3) is 0 Å². The summed E-state index contributed by atoms with van der Waals surface area (Å²) in [6.07, 6.45) is -3.60. The molecule has 0 bridgehead atoms. The Hall–Kier alpha value is -1.61. The predicted octanol–water partition coefficient (Wildman–Crippen LogP) is 1.35. The average Bonchev–Trinajstić information content (AvgIpc) is 2.36. The van der Waals surface area contributed by atoms with Crippen molar-refractivity contribution in [3.05, 3.63) is 11.9 Å². The number of nitrogens with zero attached hydrogens (tertiary/aromatic N) is 2. The number of hydrogen-bond donors (Lipinski definition) is 4. The van der Waals surface area contributed by atoms with Crippen molar-refractivity contribution in [2.24, 2.45) is 5.84 Å². The zero-order valence-electron chi connectivity index (χ0n) is 10.3. The van der Waals surface area contributed by atoms with Crippen LogP contribution in [-0.2, 0) is 6.18 Å². The molecule has 0 fully saturated rings. The van der Waals surface area contributed by atoms with Gasteiger partial charge in [-0.25, -0.2) is 15.8 Å². The summed E-state index contributed by atoms with van der Waals surface area (Å²) in [6, 6.07) is 1.10. The van der Waals surface area contributed by atoms with Gasteiger partial charge in [-0.2, -0.15) is 13.2 Å². The van der Waals surface area contributed by atoms with Crippen molar-refractivity contribution < 1.29 is 18.3 Å². The Bertz CT molecular complexity index is 413. The molecule has 0 saturated carbocycles. The highest BCUT2D eigenvalue weighted by Crippen LogP contribution is 2.28. The molecular weight excluding hydrogens is 263 g/mol. The van der Waals surface area contributed by atoms with E-state index in [1.807, 2.05) is 6.92 Å². The number of hydrazine groups is 1. The molecule has 6 nitrogen and oxygen atoms in total. The van der Waals surface area contributed by atoms with Gasteiger partial charge in [-0.3, -0.25) is 0 Å². The Labute approximate surface area is 108 Å². The molecule has 0 saturated heterocycles. The smallest absolute Gasteiger partial charge is 0.396 e. The number of rotatable bonds is 6. The summed E-state index contributed by atoms with van der Waals surface area (Å²) in [4.78, 5) is 6.64. The molecule has 9 heteroatoms. The Morgan fingerprint density at radius 1 is 1.37 bits per heavy atom. The van der Waals surface area contributed by atoms with Crippen molar-refractivity contribution in [3.63, 3.8) is 0 Å². The first kappa shape index (κ1) is 15.4. The van der Waals surface area contributed by atoms with E-state index in [1.54, 1.807) is 0 Å². The minimum atomic E-state index is -4.65. The van der Waals surface area contributed by atoms with Crippen LogP contribution in [0.1, 0.15) is 25.6 Å². The number of alkyl halides is 3. The highest BCUT2D eigenvalue weighted by Gasteiger charge is 2.35. The lowest BCUT2D eigenvalue weighted by Crippen LogP contribution is -2.23. The molecule has 1 aromatic rings. The van der Waals surface area contributed by atoms with Crippen LogP contribution in [0.4, 0.5) is 24.8 Å². The molecule has 0 aromatic carbocycles. The van der Waals surface area contributed by atoms with Crippen LogP contribution >= 0.6 is 0 Å². The molecule has 5 N–H and O–H groups in total. The van der Waals surface area contributed by atoms with Gasteiger partial charge in [-0.15, -0.1) is 0 Å². The number of halogens is 3. The number of nitrogen functional groups attached to an aromatic ring is 1. The topological polar surface area (TPSA) is 96.1 Å². The van der Waals surface area contributed by atoms with Crippen LogP contribution in [0.5, 0.6) is 0 Å². The van der Waals surface area contributed by atoms with Gasteiger partial charge < -0.3 is 15.8 Å². The molecule has 1 heterocycles. The quantitative estimate of drug-likeness (QED) is 0.464. The van der Waals surface area contributed by atoms with E-state index in [-0.39, 0.29) is 24.3 Å². The third-order valence-corrected chi connectivity index (χ3v) is 2.45. The number of aliphatic hydroxyl groups excluding tert-OH is 1. The summed E-state index contributed by atoms with van der Waals surface area (Å²) in [5, 5.41) is 11.7. The first-order valence-corrected chi connectivity index (χ1v) is 5.71. The minimum absolute atomic E-state index is 0.00979. The van der Waals surface area contributed by atoms with Crippen LogP contribution < -0.4 is 16.6 Å². The summed E-state index contributed by atoms with van der Waals surface area (Å²) < 4.78 is 37.8. The number of nitrogens with two attached hydrogens (primary N) is 1. The Morgan fingerprint density at radius 3 is 2.47 bits per heavy atom. The standard InChI is InChI=1S/C10H16F3N5O/c1-2-6(3-4-19)15-7-5-8(18-14)17-9(16-7)10(11,12)13/h5-6,19H,2-4,14H2,1H3,(H2,15,16,17,18). The lowest BCUT2D eigenvalue weighted by Gasteiger charge is -2.17. The van der Waals surface area contributed by atoms with E-state index in [2.05, 4.69) is 20.7 Å². The van der Waals surface area contributed by atoms with E-state index in [9.17, 15) is 13.2 Å². The number of anilines is 2. The van der Waals surface area contributed by atoms with Gasteiger partial charge in [-0.1, -0.05) is 6.92 Å². The van der Waals surface area contributed by atoms with Crippen molar-refractivity contribution >= 4 is 11.6 Å². The second-order valence-electron chi connectivity index (χ2n) is 3.87. The molecule has 0 aliphatic heterocycles. The van der Waals surface area contributed by atoms with Crippen LogP contribution in [0, 0.1) is 0 Å². The average molecular weight is 279 g/mol. The highest BCUT2D eigenvalue weighted by atomic mass is 19.4. The fourth-order valence-corrected chi connectivity index (χ4v) is 1.47. The van der Waals surface area contributed by atoms with Crippen LogP contribution in [0.2, 0.25) is 0 Å². The lowest BCUT2D eigenvalue weighted by atomic mass is 10.1. The van der Waals surface area contributed by atoms with Gasteiger partial charge in [-0.05, 0) is 12.8 Å². The lowest BCUT2D eigenvalue weighted by molar-refractivity contribution is -0.144. The summed E-state index contributed by atoms with van der Waals surface area (Å²) in [5.74, 6) is 3.68. The maximum Gasteiger partial charge on any atom is 0.451 e. The molecule has 1 aromatic heterocycles. The fraction of sp³-hybridized carbons (Fsp3) is 0.600. The number of hydrogen-bond acceptors (Lipinski definition) is 6. The van der Waals surface area contributed by atoms with Crippen molar-refractivity contribution in [1.29, 1.82) is 0 Å². The summed E-state index contributed by atoms with van der Waals surface area (Å²) in [6.45, 7) is 1.78. The number of aromatic nitrogens is 2. The van der Waals surface area contributed by atoms with E-state index in [4.69, 9.17) is 10.9 Å². The normalized spacial score (nSPS) is 13.2. The molecule has 1 atom stereocenters. The van der Waals surface area contributed by atoms with Gasteiger partial charge >= 0.3 is 6.18 Å². The molecule has 0 spiro atoms. The van der Waals surface area contributed by atoms with Gasteiger partial charge in [0.1, 0.15) is 11.6 Å². The summed E-state index contributed by atoms with van der Waals surface area (Å²) >= 11 is 0. The first-order chi connectivity index (χ1) is 8.90. The maximum atomic E-state index is 12.6. The second-order valence-corrected chi connectivity index (χ2v) is 3.87. The van der Waals surface area contributed by atoms with Gasteiger partial charge in [0.2, 0.25) is 5.82 Å². The molecule has 1 unspecified atom stereocenters. The zero-order chi connectivity index (χ0) is 14.5. The monoisotopic (exact) mass is 279 g/mol. The summed E-state index contributed by atoms with van der Waals surface area (Å²) in [7, 11) is 0. The van der Waals surface area contributed by atoms with Gasteiger partial charge in [0.05, 0.1) is 0 Å². The molecular formula is C10H16F3N5O. The molecule has 1 rings (SSSR count). The first-order valence-electron chi connectivity index (χ1n) is 5.71. The Balaban J connectivity index is 3.00. The molecule has 0 aliphatic rings. The SMILES string of the molecule is CCC(CCO)Nc1cc(NN)nc(C(F)(F)F)n1. The van der Waals surface area contributed by atoms with Crippen molar-refractivity contribution in [2.75, 3.05) is 17.3 Å². The van der Waals surface area contributed by atoms with Crippen molar-refractivity contribution in [1.82, 2.24) is 9.97 Å². The fourth-order valence-electron chi connectivity index (χ4n) is 1.47. The van der Waals surface area contributed by atoms with Crippen LogP contribution in [-0.4, -0.2) is 27.7 Å². The van der Waals surface area contributed by atoms with Gasteiger partial charge in [0, 0.05) is 18.7 Å². The maximum absolute atomic E-state index is 12.6. The van der Waals surface area contributed by atoms with E-state index in [0.717, 1.165) is 0 Å². The third kappa shape index (κ3) is 4.52. The van der Waals surface area contributed by atoms with E-state index >= 15 is 0 Å². The van der Waals surface area contributed by atoms with E-state index in [1.165, 1.54) is 6.07 Å². The van der Waals surface area contributed by atoms with E-state index < -0.39 is 12.0 Å². The molecule has 0 aliphatic carbocycles. The van der Waals surface area contributed by atoms with Gasteiger partial charge in [0.25, 0.3) is 0 Å². The van der Waals surface area contributed by atoms with Crippen LogP contribution in [0.15, 0.2) is 6.07 Å². The van der Waals surface area contributed by atoms with Crippen molar-refractivity contribution in [2.45, 2.75) is 32.0 Å². The Kier molecular flexibility index (Phi) is 5.31. The second kappa shape index (κ2) is 6.53. The largest absolute Gasteiger partial charge is 0.451 e. The summed E-state index contributed by atoms with van der Waals surface area (Å²) in [5.41, 5.74) is 2.06. The highest BCUT2D eigenvalue weighted by molar-refractivity contribution is 5.47. The molecule has 19 heavy (non-hydrogen) atoms. The Morgan fingerprint density at radius 2 is 2.00 bits per heavy atom. The van der Waals surface area contributed by atoms with Crippen molar-refractivity contribution in [3.8, 4) is 0 Å². The third-order valence-electron chi connectivity index (χ3n) is 2.45. The minimum Gasteiger partial charge on any atom is -0.396 e. The van der Waals surface area contributed by atoms with Crippen LogP contribution in [0.3, 0.4) is 0 Å². The molecule has 0 amide bonds. The molecule has 0 radical (unpaired) electrons. The predicted molar refractivity (Wildman–Crippen MR) is 64.2 cm³/mol. The molecule has 108 valence electrons. The number of nitrogens with one attached hydrogen (secondary N) is 2. The number of aliphatic hydroxyl groups is 1. The van der Waals surface area contributed by atoms with Gasteiger partial charge in [0.15, 0.2) is 0 Å². The van der Waals surface area contributed by atoms with E-state index in [0.29, 0.717) is 12.8 Å².